The third-order valence-electron chi connectivity index (χ3n) is 5.48. The Bertz CT molecular complexity index is 1090. The van der Waals surface area contributed by atoms with E-state index >= 15 is 0 Å². The van der Waals surface area contributed by atoms with Crippen molar-refractivity contribution in [2.45, 2.75) is 13.8 Å². The monoisotopic (exact) mass is 406 g/mol. The van der Waals surface area contributed by atoms with Crippen molar-refractivity contribution in [2.24, 2.45) is 0 Å². The van der Waals surface area contributed by atoms with Gasteiger partial charge >= 0.3 is 0 Å². The third-order valence-corrected chi connectivity index (χ3v) is 5.48. The van der Waals surface area contributed by atoms with E-state index in [0.717, 1.165) is 34.3 Å². The number of ether oxygens (including phenoxy) is 2. The van der Waals surface area contributed by atoms with E-state index in [1.807, 2.05) is 55.1 Å². The summed E-state index contributed by atoms with van der Waals surface area (Å²) in [6, 6.07) is 11.5. The van der Waals surface area contributed by atoms with Crippen LogP contribution in [0.1, 0.15) is 21.9 Å². The van der Waals surface area contributed by atoms with Gasteiger partial charge in [0.2, 0.25) is 6.79 Å². The smallest absolute Gasteiger partial charge is 0.257 e. The van der Waals surface area contributed by atoms with Gasteiger partial charge < -0.3 is 23.7 Å². The van der Waals surface area contributed by atoms with E-state index in [2.05, 4.69) is 15.1 Å². The van der Waals surface area contributed by atoms with Gasteiger partial charge in [0.15, 0.2) is 17.3 Å². The first-order valence-electron chi connectivity index (χ1n) is 9.93. The molecule has 3 aromatic rings. The lowest BCUT2D eigenvalue weighted by atomic mass is 10.1. The molecule has 0 bridgehead atoms. The Morgan fingerprint density at radius 2 is 1.73 bits per heavy atom. The number of fused-ring (bicyclic) bond motifs is 1. The summed E-state index contributed by atoms with van der Waals surface area (Å²) in [7, 11) is 0. The maximum atomic E-state index is 12.8. The Hall–Kier alpha value is -3.55. The van der Waals surface area contributed by atoms with Crippen LogP contribution in [0.5, 0.6) is 11.5 Å². The highest BCUT2D eigenvalue weighted by Crippen LogP contribution is 2.35. The predicted molar refractivity (Wildman–Crippen MR) is 110 cm³/mol. The molecule has 1 saturated heterocycles. The zero-order chi connectivity index (χ0) is 20.7. The maximum absolute atomic E-state index is 12.8. The summed E-state index contributed by atoms with van der Waals surface area (Å²) in [5, 5.41) is 8.79. The molecule has 8 heteroatoms. The number of furan rings is 1. The molecule has 5 rings (SSSR count). The largest absolute Gasteiger partial charge is 0.466 e. The van der Waals surface area contributed by atoms with Crippen LogP contribution >= 0.6 is 0 Å². The van der Waals surface area contributed by atoms with Gasteiger partial charge in [0.25, 0.3) is 5.91 Å². The molecule has 1 amide bonds. The van der Waals surface area contributed by atoms with Gasteiger partial charge in [0.05, 0.1) is 11.3 Å². The standard InChI is InChI=1S/C22H22N4O4/c1-14-11-17(15(2)30-14)22(27)26-9-7-25(8-10-26)21-6-4-18(23-24-21)16-3-5-19-20(12-16)29-13-28-19/h3-6,11-12H,7-10,13H2,1-2H3. The van der Waals surface area contributed by atoms with Gasteiger partial charge in [-0.15, -0.1) is 10.2 Å². The number of aromatic nitrogens is 2. The second kappa shape index (κ2) is 7.37. The number of carbonyl (C=O) groups is 1. The molecule has 4 heterocycles. The van der Waals surface area contributed by atoms with Crippen molar-refractivity contribution in [1.82, 2.24) is 15.1 Å². The van der Waals surface area contributed by atoms with Gasteiger partial charge in [-0.2, -0.15) is 0 Å². The molecule has 2 aliphatic heterocycles. The first-order valence-corrected chi connectivity index (χ1v) is 9.93. The van der Waals surface area contributed by atoms with E-state index in [1.54, 1.807) is 0 Å². The number of amides is 1. The molecule has 0 atom stereocenters. The van der Waals surface area contributed by atoms with Crippen LogP contribution in [0.25, 0.3) is 11.3 Å². The minimum Gasteiger partial charge on any atom is -0.466 e. The zero-order valence-electron chi connectivity index (χ0n) is 16.9. The van der Waals surface area contributed by atoms with E-state index in [0.29, 0.717) is 37.5 Å². The minimum absolute atomic E-state index is 0.0215. The average Bonchev–Trinajstić information content (AvgIpc) is 3.38. The van der Waals surface area contributed by atoms with E-state index in [-0.39, 0.29) is 12.7 Å². The summed E-state index contributed by atoms with van der Waals surface area (Å²) < 4.78 is 16.3. The van der Waals surface area contributed by atoms with Crippen molar-refractivity contribution in [3.8, 4) is 22.8 Å². The van der Waals surface area contributed by atoms with Gasteiger partial charge in [-0.1, -0.05) is 0 Å². The number of rotatable bonds is 3. The molecule has 0 N–H and O–H groups in total. The highest BCUT2D eigenvalue weighted by molar-refractivity contribution is 5.95. The molecule has 1 fully saturated rings. The molecule has 30 heavy (non-hydrogen) atoms. The third kappa shape index (κ3) is 3.34. The molecular formula is C22H22N4O4. The molecule has 0 spiro atoms. The quantitative estimate of drug-likeness (QED) is 0.661. The fourth-order valence-electron chi connectivity index (χ4n) is 3.86. The van der Waals surface area contributed by atoms with Crippen LogP contribution in [0, 0.1) is 13.8 Å². The highest BCUT2D eigenvalue weighted by atomic mass is 16.7. The van der Waals surface area contributed by atoms with Crippen molar-refractivity contribution in [1.29, 1.82) is 0 Å². The van der Waals surface area contributed by atoms with Crippen LogP contribution in [0.4, 0.5) is 5.82 Å². The molecule has 0 aliphatic carbocycles. The van der Waals surface area contributed by atoms with Crippen LogP contribution in [-0.4, -0.2) is 54.0 Å². The summed E-state index contributed by atoms with van der Waals surface area (Å²) in [6.45, 7) is 6.61. The van der Waals surface area contributed by atoms with Gasteiger partial charge in [-0.3, -0.25) is 4.79 Å². The number of piperazine rings is 1. The first-order chi connectivity index (χ1) is 14.6. The fourth-order valence-corrected chi connectivity index (χ4v) is 3.86. The molecule has 0 radical (unpaired) electrons. The second-order valence-corrected chi connectivity index (χ2v) is 7.45. The van der Waals surface area contributed by atoms with Crippen LogP contribution in [-0.2, 0) is 0 Å². The van der Waals surface area contributed by atoms with Crippen LogP contribution in [0.3, 0.4) is 0 Å². The van der Waals surface area contributed by atoms with Crippen LogP contribution in [0.15, 0.2) is 40.8 Å². The normalized spacial score (nSPS) is 15.5. The highest BCUT2D eigenvalue weighted by Gasteiger charge is 2.25. The fraction of sp³-hybridized carbons (Fsp3) is 0.318. The van der Waals surface area contributed by atoms with Crippen molar-refractivity contribution in [3.63, 3.8) is 0 Å². The summed E-state index contributed by atoms with van der Waals surface area (Å²) in [4.78, 5) is 16.8. The molecule has 0 saturated carbocycles. The Morgan fingerprint density at radius 1 is 0.933 bits per heavy atom. The lowest BCUT2D eigenvalue weighted by Gasteiger charge is -2.35. The number of aryl methyl sites for hydroxylation is 2. The lowest BCUT2D eigenvalue weighted by molar-refractivity contribution is 0.0744. The van der Waals surface area contributed by atoms with Crippen LogP contribution in [0.2, 0.25) is 0 Å². The maximum Gasteiger partial charge on any atom is 0.257 e. The average molecular weight is 406 g/mol. The van der Waals surface area contributed by atoms with Gasteiger partial charge in [-0.25, -0.2) is 0 Å². The lowest BCUT2D eigenvalue weighted by Crippen LogP contribution is -2.49. The summed E-state index contributed by atoms with van der Waals surface area (Å²) in [5.74, 6) is 3.73. The zero-order valence-corrected chi connectivity index (χ0v) is 16.9. The number of anilines is 1. The first kappa shape index (κ1) is 18.5. The van der Waals surface area contributed by atoms with E-state index < -0.39 is 0 Å². The Labute approximate surface area is 174 Å². The molecule has 2 aliphatic rings. The van der Waals surface area contributed by atoms with Crippen molar-refractivity contribution in [3.05, 3.63) is 53.5 Å². The number of nitrogens with zero attached hydrogens (tertiary/aromatic N) is 4. The Kier molecular flexibility index (Phi) is 4.54. The number of benzene rings is 1. The number of hydrogen-bond donors (Lipinski definition) is 0. The second-order valence-electron chi connectivity index (χ2n) is 7.45. The van der Waals surface area contributed by atoms with E-state index in [9.17, 15) is 4.79 Å². The van der Waals surface area contributed by atoms with E-state index in [4.69, 9.17) is 13.9 Å². The number of carbonyl (C=O) groups excluding carboxylic acids is 1. The summed E-state index contributed by atoms with van der Waals surface area (Å²) in [6.07, 6.45) is 0. The Balaban J connectivity index is 1.24. The van der Waals surface area contributed by atoms with Gasteiger partial charge in [0.1, 0.15) is 11.5 Å². The summed E-state index contributed by atoms with van der Waals surface area (Å²) >= 11 is 0. The van der Waals surface area contributed by atoms with Gasteiger partial charge in [-0.05, 0) is 50.2 Å². The van der Waals surface area contributed by atoms with Crippen molar-refractivity contribution >= 4 is 11.7 Å². The van der Waals surface area contributed by atoms with Crippen LogP contribution < -0.4 is 14.4 Å². The molecule has 154 valence electrons. The molecule has 2 aromatic heterocycles. The Morgan fingerprint density at radius 3 is 2.43 bits per heavy atom. The molecule has 8 nitrogen and oxygen atoms in total. The topological polar surface area (TPSA) is 80.9 Å². The predicted octanol–water partition coefficient (Wildman–Crippen LogP) is 3.04. The molecular weight excluding hydrogens is 384 g/mol. The minimum atomic E-state index is 0.0215. The van der Waals surface area contributed by atoms with Crippen molar-refractivity contribution < 1.29 is 18.7 Å². The summed E-state index contributed by atoms with van der Waals surface area (Å²) in [5.41, 5.74) is 2.35. The van der Waals surface area contributed by atoms with Gasteiger partial charge in [0, 0.05) is 31.7 Å². The molecule has 1 aromatic carbocycles. The number of hydrogen-bond acceptors (Lipinski definition) is 7. The SMILES string of the molecule is Cc1cc(C(=O)N2CCN(c3ccc(-c4ccc5c(c4)OCO5)nn3)CC2)c(C)o1. The van der Waals surface area contributed by atoms with E-state index in [1.165, 1.54) is 0 Å². The van der Waals surface area contributed by atoms with Crippen molar-refractivity contribution in [2.75, 3.05) is 37.9 Å². The molecule has 0 unspecified atom stereocenters.